The van der Waals surface area contributed by atoms with E-state index in [0.717, 1.165) is 30.5 Å². The summed E-state index contributed by atoms with van der Waals surface area (Å²) in [5, 5.41) is 12.8. The molecule has 1 aliphatic rings. The summed E-state index contributed by atoms with van der Waals surface area (Å²) < 4.78 is 0. The lowest BCUT2D eigenvalue weighted by molar-refractivity contribution is 0.317. The second kappa shape index (κ2) is 3.38. The van der Waals surface area contributed by atoms with Gasteiger partial charge in [0.15, 0.2) is 0 Å². The van der Waals surface area contributed by atoms with Crippen LogP contribution in [0.1, 0.15) is 24.0 Å². The quantitative estimate of drug-likeness (QED) is 0.501. The minimum absolute atomic E-state index is 0.696. The molecule has 1 aromatic rings. The Morgan fingerprint density at radius 1 is 1.31 bits per heavy atom. The number of hydrogen-bond acceptors (Lipinski definition) is 2. The maximum absolute atomic E-state index is 8.77. The number of nitrogens with zero attached hydrogens (tertiary/aromatic N) is 1. The third kappa shape index (κ3) is 1.54. The van der Waals surface area contributed by atoms with Gasteiger partial charge >= 0.3 is 0 Å². The van der Waals surface area contributed by atoms with E-state index in [1.807, 2.05) is 18.2 Å². The van der Waals surface area contributed by atoms with Crippen LogP contribution in [0.3, 0.4) is 0 Å². The number of benzene rings is 1. The highest BCUT2D eigenvalue weighted by Gasteiger charge is 2.15. The van der Waals surface area contributed by atoms with Gasteiger partial charge in [-0.1, -0.05) is 22.8 Å². The molecule has 13 heavy (non-hydrogen) atoms. The van der Waals surface area contributed by atoms with Gasteiger partial charge in [-0.05, 0) is 37.0 Å². The normalized spacial score (nSPS) is 18.7. The third-order valence-corrected chi connectivity index (χ3v) is 2.60. The molecule has 0 spiro atoms. The Morgan fingerprint density at radius 2 is 2.15 bits per heavy atom. The number of rotatable bonds is 0. The molecule has 0 fully saturated rings. The molecule has 0 amide bonds. The van der Waals surface area contributed by atoms with Crippen molar-refractivity contribution >= 4 is 17.3 Å². The molecule has 0 aromatic heterocycles. The fourth-order valence-electron chi connectivity index (χ4n) is 1.72. The minimum atomic E-state index is 0.696. The molecular weight excluding hydrogens is 186 g/mol. The van der Waals surface area contributed by atoms with Crippen LogP contribution in [0.15, 0.2) is 23.4 Å². The monoisotopic (exact) mass is 195 g/mol. The summed E-state index contributed by atoms with van der Waals surface area (Å²) >= 11 is 5.86. The van der Waals surface area contributed by atoms with E-state index < -0.39 is 0 Å². The zero-order valence-electron chi connectivity index (χ0n) is 7.13. The summed E-state index contributed by atoms with van der Waals surface area (Å²) in [6.45, 7) is 0. The number of fused-ring (bicyclic) bond motifs is 1. The Morgan fingerprint density at radius 3 is 2.92 bits per heavy atom. The molecule has 0 bridgehead atoms. The van der Waals surface area contributed by atoms with Gasteiger partial charge in [0.2, 0.25) is 0 Å². The van der Waals surface area contributed by atoms with Gasteiger partial charge in [0.1, 0.15) is 0 Å². The van der Waals surface area contributed by atoms with Crippen molar-refractivity contribution in [1.29, 1.82) is 0 Å². The Hall–Kier alpha value is -1.02. The Bertz CT molecular complexity index is 360. The van der Waals surface area contributed by atoms with Gasteiger partial charge in [-0.25, -0.2) is 0 Å². The average molecular weight is 196 g/mol. The summed E-state index contributed by atoms with van der Waals surface area (Å²) in [4.78, 5) is 0. The van der Waals surface area contributed by atoms with Crippen molar-refractivity contribution in [3.63, 3.8) is 0 Å². The van der Waals surface area contributed by atoms with Crippen LogP contribution in [0, 0.1) is 0 Å². The molecule has 0 saturated carbocycles. The molecule has 3 heteroatoms. The first kappa shape index (κ1) is 8.57. The van der Waals surface area contributed by atoms with Crippen LogP contribution in [-0.4, -0.2) is 10.9 Å². The fourth-order valence-corrected chi connectivity index (χ4v) is 1.89. The van der Waals surface area contributed by atoms with Crippen LogP contribution in [-0.2, 0) is 6.42 Å². The maximum atomic E-state index is 8.77. The first-order valence-electron chi connectivity index (χ1n) is 4.31. The van der Waals surface area contributed by atoms with Crippen molar-refractivity contribution in [2.24, 2.45) is 5.16 Å². The topological polar surface area (TPSA) is 32.6 Å². The molecule has 0 saturated heterocycles. The van der Waals surface area contributed by atoms with Crippen molar-refractivity contribution in [2.75, 3.05) is 0 Å². The summed E-state index contributed by atoms with van der Waals surface area (Å²) in [7, 11) is 0. The van der Waals surface area contributed by atoms with Gasteiger partial charge in [-0.15, -0.1) is 0 Å². The molecule has 0 heterocycles. The minimum Gasteiger partial charge on any atom is -0.411 e. The highest BCUT2D eigenvalue weighted by atomic mass is 35.5. The van der Waals surface area contributed by atoms with E-state index in [4.69, 9.17) is 16.8 Å². The smallest absolute Gasteiger partial charge is 0.0871 e. The number of halogens is 1. The van der Waals surface area contributed by atoms with E-state index in [1.165, 1.54) is 5.56 Å². The second-order valence-corrected chi connectivity index (χ2v) is 3.64. The molecule has 0 atom stereocenters. The van der Waals surface area contributed by atoms with Gasteiger partial charge in [0.05, 0.1) is 5.71 Å². The number of aryl methyl sites for hydroxylation is 1. The van der Waals surface area contributed by atoms with Crippen molar-refractivity contribution in [2.45, 2.75) is 19.3 Å². The molecule has 2 nitrogen and oxygen atoms in total. The molecule has 0 aliphatic heterocycles. The molecule has 0 unspecified atom stereocenters. The summed E-state index contributed by atoms with van der Waals surface area (Å²) in [6, 6.07) is 5.74. The van der Waals surface area contributed by atoms with Crippen molar-refractivity contribution in [3.05, 3.63) is 34.3 Å². The SMILES string of the molecule is O/N=C1/CCCc2ccc(Cl)cc21. The Kier molecular flexibility index (Phi) is 2.23. The van der Waals surface area contributed by atoms with Crippen LogP contribution in [0.25, 0.3) is 0 Å². The molecule has 0 radical (unpaired) electrons. The molecule has 68 valence electrons. The van der Waals surface area contributed by atoms with Crippen LogP contribution < -0.4 is 0 Å². The van der Waals surface area contributed by atoms with Gasteiger partial charge in [0.25, 0.3) is 0 Å². The summed E-state index contributed by atoms with van der Waals surface area (Å²) in [6.07, 6.45) is 2.93. The number of oxime groups is 1. The van der Waals surface area contributed by atoms with Crippen LogP contribution in [0.4, 0.5) is 0 Å². The highest BCUT2D eigenvalue weighted by Crippen LogP contribution is 2.24. The highest BCUT2D eigenvalue weighted by molar-refractivity contribution is 6.31. The average Bonchev–Trinajstić information content (AvgIpc) is 2.17. The molecule has 2 rings (SSSR count). The zero-order valence-corrected chi connectivity index (χ0v) is 7.88. The van der Waals surface area contributed by atoms with Crippen LogP contribution in [0.5, 0.6) is 0 Å². The molecule has 1 aliphatic carbocycles. The third-order valence-electron chi connectivity index (χ3n) is 2.36. The first-order chi connectivity index (χ1) is 6.31. The lowest BCUT2D eigenvalue weighted by Crippen LogP contribution is -2.11. The van der Waals surface area contributed by atoms with E-state index in [1.54, 1.807) is 0 Å². The van der Waals surface area contributed by atoms with Crippen molar-refractivity contribution in [3.8, 4) is 0 Å². The van der Waals surface area contributed by atoms with Gasteiger partial charge in [0, 0.05) is 10.6 Å². The fraction of sp³-hybridized carbons (Fsp3) is 0.300. The van der Waals surface area contributed by atoms with Crippen LogP contribution >= 0.6 is 11.6 Å². The van der Waals surface area contributed by atoms with E-state index in [-0.39, 0.29) is 0 Å². The largest absolute Gasteiger partial charge is 0.411 e. The van der Waals surface area contributed by atoms with Crippen molar-refractivity contribution < 1.29 is 5.21 Å². The van der Waals surface area contributed by atoms with Gasteiger partial charge in [-0.2, -0.15) is 0 Å². The van der Waals surface area contributed by atoms with Crippen LogP contribution in [0.2, 0.25) is 5.02 Å². The summed E-state index contributed by atoms with van der Waals surface area (Å²) in [5.41, 5.74) is 2.98. The van der Waals surface area contributed by atoms with E-state index >= 15 is 0 Å². The molecule has 1 aromatic carbocycles. The van der Waals surface area contributed by atoms with E-state index in [0.29, 0.717) is 5.02 Å². The predicted molar refractivity (Wildman–Crippen MR) is 52.7 cm³/mol. The van der Waals surface area contributed by atoms with Gasteiger partial charge < -0.3 is 5.21 Å². The van der Waals surface area contributed by atoms with E-state index in [9.17, 15) is 0 Å². The van der Waals surface area contributed by atoms with E-state index in [2.05, 4.69) is 5.16 Å². The second-order valence-electron chi connectivity index (χ2n) is 3.20. The predicted octanol–water partition coefficient (Wildman–Crippen LogP) is 2.85. The lowest BCUT2D eigenvalue weighted by Gasteiger charge is -2.16. The Labute approximate surface area is 81.8 Å². The summed E-state index contributed by atoms with van der Waals surface area (Å²) in [5.74, 6) is 0. The molecule has 1 N–H and O–H groups in total. The first-order valence-corrected chi connectivity index (χ1v) is 4.69. The number of hydrogen-bond donors (Lipinski definition) is 1. The maximum Gasteiger partial charge on any atom is 0.0871 e. The van der Waals surface area contributed by atoms with Crippen molar-refractivity contribution in [1.82, 2.24) is 0 Å². The van der Waals surface area contributed by atoms with Gasteiger partial charge in [-0.3, -0.25) is 0 Å². The zero-order chi connectivity index (χ0) is 9.26. The standard InChI is InChI=1S/C10H10ClNO/c11-8-5-4-7-2-1-3-10(12-13)9(7)6-8/h4-6,13H,1-3H2/b12-10-. The Balaban J connectivity index is 2.54. The molecular formula is C10H10ClNO. The lowest BCUT2D eigenvalue weighted by atomic mass is 9.90.